The van der Waals surface area contributed by atoms with E-state index < -0.39 is 0 Å². The molecule has 0 atom stereocenters. The van der Waals surface area contributed by atoms with Crippen molar-refractivity contribution in [3.63, 3.8) is 0 Å². The molecule has 0 unspecified atom stereocenters. The summed E-state index contributed by atoms with van der Waals surface area (Å²) in [4.78, 5) is 11.1. The van der Waals surface area contributed by atoms with Gasteiger partial charge in [0.05, 0.1) is 29.6 Å². The zero-order chi connectivity index (χ0) is 48.9. The van der Waals surface area contributed by atoms with Crippen molar-refractivity contribution in [2.45, 2.75) is 105 Å². The highest BCUT2D eigenvalue weighted by molar-refractivity contribution is 7.33. The first kappa shape index (κ1) is 45.7. The number of hydrogen-bond acceptors (Lipinski definition) is 5. The fourth-order valence-electron chi connectivity index (χ4n) is 10.1. The van der Waals surface area contributed by atoms with E-state index in [2.05, 4.69) is 206 Å². The van der Waals surface area contributed by atoms with Gasteiger partial charge in [-0.15, -0.1) is 11.3 Å². The lowest BCUT2D eigenvalue weighted by atomic mass is 9.36. The standard InChI is InChI=1S/C62H60BN5S/c1-59(2,3)40-16-26-47(27-17-40)67-52-32-20-43(62(10,11)12)35-51(52)63-56-53(67)36-49(66(45-24-14-39(38-64)15-25-45)46-30-22-44(65-13)23-31-46)37-54(56)68(48-28-18-41(19-29-48)60(4,5)6)57-50-34-42(61(7,8)9)21-33-55(50)69-58(57)63/h14-37H,1-12H3. The van der Waals surface area contributed by atoms with Gasteiger partial charge in [-0.05, 0) is 146 Å². The SMILES string of the molecule is [C-]#[N+]c1ccc(N(c2ccc(C#N)cc2)c2cc3c4c(c2)N(c2ccc(C(C)(C)C)cc2)c2c(sc5ccc(C(C)(C)C)cc25)B4c2cc(C(C)(C)C)ccc2N3c2ccc(C(C)(C)C)cc2)cc1. The summed E-state index contributed by atoms with van der Waals surface area (Å²) in [5.74, 6) is 0. The average Bonchev–Trinajstić information content (AvgIpc) is 3.69. The van der Waals surface area contributed by atoms with E-state index in [1.54, 1.807) is 0 Å². The Morgan fingerprint density at radius 3 is 1.52 bits per heavy atom. The molecule has 10 rings (SSSR count). The molecule has 0 bridgehead atoms. The third kappa shape index (κ3) is 7.98. The Morgan fingerprint density at radius 1 is 0.522 bits per heavy atom. The number of benzene rings is 7. The minimum absolute atomic E-state index is 0.0119. The van der Waals surface area contributed by atoms with E-state index in [9.17, 15) is 5.26 Å². The lowest BCUT2D eigenvalue weighted by Crippen LogP contribution is -2.60. The van der Waals surface area contributed by atoms with E-state index in [1.807, 2.05) is 59.9 Å². The quantitative estimate of drug-likeness (QED) is 0.127. The molecule has 0 radical (unpaired) electrons. The molecule has 7 heteroatoms. The molecule has 8 aromatic rings. The van der Waals surface area contributed by atoms with Gasteiger partial charge in [-0.25, -0.2) is 4.85 Å². The Bertz CT molecular complexity index is 3320. The highest BCUT2D eigenvalue weighted by Gasteiger charge is 2.46. The molecule has 2 aliphatic rings. The third-order valence-electron chi connectivity index (χ3n) is 14.1. The molecule has 0 N–H and O–H groups in total. The zero-order valence-corrected chi connectivity index (χ0v) is 42.9. The van der Waals surface area contributed by atoms with Gasteiger partial charge in [0.1, 0.15) is 0 Å². The summed E-state index contributed by atoms with van der Waals surface area (Å²) in [6.07, 6.45) is 0. The topological polar surface area (TPSA) is 37.9 Å². The second kappa shape index (κ2) is 16.3. The van der Waals surface area contributed by atoms with Crippen molar-refractivity contribution in [3.05, 3.63) is 185 Å². The highest BCUT2D eigenvalue weighted by Crippen LogP contribution is 2.51. The van der Waals surface area contributed by atoms with Crippen molar-refractivity contribution in [2.75, 3.05) is 14.7 Å². The first-order chi connectivity index (χ1) is 32.6. The van der Waals surface area contributed by atoms with Crippen LogP contribution in [0, 0.1) is 17.9 Å². The molecule has 5 nitrogen and oxygen atoms in total. The van der Waals surface area contributed by atoms with E-state index in [0.29, 0.717) is 11.3 Å². The predicted molar refractivity (Wildman–Crippen MR) is 296 cm³/mol. The van der Waals surface area contributed by atoms with Gasteiger partial charge in [-0.2, -0.15) is 5.26 Å². The van der Waals surface area contributed by atoms with E-state index in [-0.39, 0.29) is 28.4 Å². The van der Waals surface area contributed by atoms with E-state index >= 15 is 0 Å². The average molecular weight is 918 g/mol. The van der Waals surface area contributed by atoms with Gasteiger partial charge >= 0.3 is 0 Å². The Kier molecular flexibility index (Phi) is 10.8. The first-order valence-corrected chi connectivity index (χ1v) is 24.9. The normalized spacial score (nSPS) is 13.4. The lowest BCUT2D eigenvalue weighted by molar-refractivity contribution is 0.590. The molecule has 3 heterocycles. The van der Waals surface area contributed by atoms with Crippen molar-refractivity contribution in [3.8, 4) is 6.07 Å². The van der Waals surface area contributed by atoms with E-state index in [4.69, 9.17) is 6.57 Å². The maximum absolute atomic E-state index is 9.93. The van der Waals surface area contributed by atoms with Crippen LogP contribution in [0.4, 0.5) is 56.9 Å². The van der Waals surface area contributed by atoms with Crippen molar-refractivity contribution in [2.24, 2.45) is 0 Å². The molecule has 7 aromatic carbocycles. The predicted octanol–water partition coefficient (Wildman–Crippen LogP) is 16.1. The van der Waals surface area contributed by atoms with Crippen LogP contribution in [0.2, 0.25) is 0 Å². The molecule has 0 saturated carbocycles. The van der Waals surface area contributed by atoms with Crippen LogP contribution in [0.15, 0.2) is 146 Å². The van der Waals surface area contributed by atoms with Gasteiger partial charge in [0.25, 0.3) is 6.71 Å². The molecule has 2 aliphatic heterocycles. The van der Waals surface area contributed by atoms with E-state index in [1.165, 1.54) is 59.4 Å². The first-order valence-electron chi connectivity index (χ1n) is 24.1. The van der Waals surface area contributed by atoms with Crippen LogP contribution in [0.3, 0.4) is 0 Å². The fraction of sp³-hybridized carbons (Fsp3) is 0.258. The number of anilines is 9. The second-order valence-corrected chi connectivity index (χ2v) is 24.1. The summed E-state index contributed by atoms with van der Waals surface area (Å²) < 4.78 is 2.61. The zero-order valence-electron chi connectivity index (χ0n) is 42.1. The molecule has 0 amide bonds. The molecule has 342 valence electrons. The maximum Gasteiger partial charge on any atom is 0.264 e. The summed E-state index contributed by atoms with van der Waals surface area (Å²) in [7, 11) is 0. The van der Waals surface area contributed by atoms with Crippen LogP contribution in [0.1, 0.15) is 111 Å². The minimum Gasteiger partial charge on any atom is -0.311 e. The van der Waals surface area contributed by atoms with Crippen LogP contribution in [0.5, 0.6) is 0 Å². The molecule has 0 saturated heterocycles. The van der Waals surface area contributed by atoms with Crippen molar-refractivity contribution in [1.82, 2.24) is 0 Å². The number of fused-ring (bicyclic) bond motifs is 6. The summed E-state index contributed by atoms with van der Waals surface area (Å²) in [5.41, 5.74) is 18.3. The second-order valence-electron chi connectivity index (χ2n) is 23.0. The van der Waals surface area contributed by atoms with Crippen molar-refractivity contribution >= 4 is 101 Å². The third-order valence-corrected chi connectivity index (χ3v) is 15.3. The largest absolute Gasteiger partial charge is 0.311 e. The summed E-state index contributed by atoms with van der Waals surface area (Å²) in [6, 6.07) is 55.6. The Hall–Kier alpha value is -7.06. The molecule has 0 aliphatic carbocycles. The molecule has 0 fully saturated rings. The number of nitriles is 1. The van der Waals surface area contributed by atoms with Crippen LogP contribution in [-0.2, 0) is 21.7 Å². The fourth-order valence-corrected chi connectivity index (χ4v) is 11.4. The summed E-state index contributed by atoms with van der Waals surface area (Å²) in [6.45, 7) is 35.3. The number of nitrogens with zero attached hydrogens (tertiary/aromatic N) is 5. The van der Waals surface area contributed by atoms with Crippen LogP contribution >= 0.6 is 11.3 Å². The molecule has 1 aromatic heterocycles. The summed E-state index contributed by atoms with van der Waals surface area (Å²) in [5, 5.41) is 11.2. The van der Waals surface area contributed by atoms with Crippen LogP contribution in [-0.4, -0.2) is 6.71 Å². The minimum atomic E-state index is -0.0777. The van der Waals surface area contributed by atoms with Gasteiger partial charge in [0, 0.05) is 54.7 Å². The van der Waals surface area contributed by atoms with Crippen molar-refractivity contribution < 1.29 is 0 Å². The lowest BCUT2D eigenvalue weighted by Gasteiger charge is -2.44. The Morgan fingerprint density at radius 2 is 1.00 bits per heavy atom. The Balaban J connectivity index is 1.37. The smallest absolute Gasteiger partial charge is 0.264 e. The molecule has 69 heavy (non-hydrogen) atoms. The number of rotatable bonds is 5. The van der Waals surface area contributed by atoms with Gasteiger partial charge in [0.15, 0.2) is 5.69 Å². The highest BCUT2D eigenvalue weighted by atomic mass is 32.1. The maximum atomic E-state index is 9.93. The summed E-state index contributed by atoms with van der Waals surface area (Å²) >= 11 is 1.93. The molecular formula is C62H60BN5S. The van der Waals surface area contributed by atoms with Gasteiger partial charge in [-0.1, -0.05) is 138 Å². The van der Waals surface area contributed by atoms with Crippen molar-refractivity contribution in [1.29, 1.82) is 5.26 Å². The van der Waals surface area contributed by atoms with Crippen LogP contribution in [0.25, 0.3) is 14.9 Å². The Labute approximate surface area is 414 Å². The monoisotopic (exact) mass is 917 g/mol. The van der Waals surface area contributed by atoms with Gasteiger partial charge in [-0.3, -0.25) is 0 Å². The number of hydrogen-bond donors (Lipinski definition) is 0. The number of thiophene rings is 1. The molecular weight excluding hydrogens is 858 g/mol. The van der Waals surface area contributed by atoms with Crippen LogP contribution < -0.4 is 30.4 Å². The van der Waals surface area contributed by atoms with E-state index in [0.717, 1.165) is 39.8 Å². The van der Waals surface area contributed by atoms with Gasteiger partial charge < -0.3 is 14.7 Å². The molecule has 0 spiro atoms. The van der Waals surface area contributed by atoms with Gasteiger partial charge in [0.2, 0.25) is 0 Å².